The van der Waals surface area contributed by atoms with Gasteiger partial charge in [-0.1, -0.05) is 13.8 Å². The van der Waals surface area contributed by atoms with Crippen LogP contribution in [0.5, 0.6) is 0 Å². The van der Waals surface area contributed by atoms with Gasteiger partial charge in [0.15, 0.2) is 0 Å². The van der Waals surface area contributed by atoms with Gasteiger partial charge in [-0.15, -0.1) is 0 Å². The molecule has 17 heavy (non-hydrogen) atoms. The molecule has 0 spiro atoms. The molecule has 5 heteroatoms. The van der Waals surface area contributed by atoms with E-state index < -0.39 is 0 Å². The van der Waals surface area contributed by atoms with Crippen LogP contribution >= 0.6 is 0 Å². The highest BCUT2D eigenvalue weighted by molar-refractivity contribution is 5.45. The first-order valence-corrected chi connectivity index (χ1v) is 5.85. The molecular weight excluding hydrogens is 220 g/mol. The molecule has 0 unspecified atom stereocenters. The summed E-state index contributed by atoms with van der Waals surface area (Å²) >= 11 is 0. The number of hydrogen-bond acceptors (Lipinski definition) is 4. The monoisotopic (exact) mass is 252 g/mol. The average Bonchev–Trinajstić information content (AvgIpc) is 2.35. The maximum atomic E-state index is 9.53. The first-order chi connectivity index (χ1) is 7.97. The van der Waals surface area contributed by atoms with Crippen LogP contribution in [-0.4, -0.2) is 44.4 Å². The Labute approximate surface area is 107 Å². The fraction of sp³-hybridized carbons (Fsp3) is 0.917. The number of carbonyl (C=O) groups is 1. The van der Waals surface area contributed by atoms with Gasteiger partial charge in [-0.3, -0.25) is 4.79 Å². The van der Waals surface area contributed by atoms with Gasteiger partial charge in [0.25, 0.3) is 0 Å². The SMILES string of the molecule is CC.CO.COC(C)(C)C.NCCCNC=O. The van der Waals surface area contributed by atoms with Gasteiger partial charge < -0.3 is 20.9 Å². The molecule has 0 aliphatic rings. The van der Waals surface area contributed by atoms with Crippen molar-refractivity contribution in [3.63, 3.8) is 0 Å². The van der Waals surface area contributed by atoms with Crippen molar-refractivity contribution in [2.75, 3.05) is 27.3 Å². The number of rotatable bonds is 4. The predicted octanol–water partition coefficient (Wildman–Crippen LogP) is 1.15. The lowest BCUT2D eigenvalue weighted by atomic mass is 10.2. The minimum Gasteiger partial charge on any atom is -0.400 e. The smallest absolute Gasteiger partial charge is 0.207 e. The second kappa shape index (κ2) is 24.5. The summed E-state index contributed by atoms with van der Waals surface area (Å²) in [4.78, 5) is 9.53. The summed E-state index contributed by atoms with van der Waals surface area (Å²) in [6.07, 6.45) is 1.54. The Hall–Kier alpha value is -0.650. The summed E-state index contributed by atoms with van der Waals surface area (Å²) in [6.45, 7) is 11.4. The quantitative estimate of drug-likeness (QED) is 0.517. The van der Waals surface area contributed by atoms with E-state index >= 15 is 0 Å². The van der Waals surface area contributed by atoms with Gasteiger partial charge in [-0.2, -0.15) is 0 Å². The maximum Gasteiger partial charge on any atom is 0.207 e. The second-order valence-electron chi connectivity index (χ2n) is 3.53. The van der Waals surface area contributed by atoms with Crippen molar-refractivity contribution in [1.82, 2.24) is 5.32 Å². The van der Waals surface area contributed by atoms with Gasteiger partial charge in [0.2, 0.25) is 6.41 Å². The lowest BCUT2D eigenvalue weighted by Gasteiger charge is -2.14. The van der Waals surface area contributed by atoms with Crippen molar-refractivity contribution < 1.29 is 14.6 Å². The van der Waals surface area contributed by atoms with Crippen molar-refractivity contribution in [1.29, 1.82) is 0 Å². The minimum atomic E-state index is 0.0417. The Morgan fingerprint density at radius 2 is 1.65 bits per heavy atom. The normalized spacial score (nSPS) is 8.29. The number of carbonyl (C=O) groups excluding carboxylic acids is 1. The zero-order valence-corrected chi connectivity index (χ0v) is 12.5. The van der Waals surface area contributed by atoms with E-state index in [1.54, 1.807) is 7.11 Å². The zero-order chi connectivity index (χ0) is 14.7. The Balaban J connectivity index is -0.0000000772. The fourth-order valence-corrected chi connectivity index (χ4v) is 0.263. The Morgan fingerprint density at radius 3 is 1.82 bits per heavy atom. The molecule has 0 heterocycles. The third-order valence-electron chi connectivity index (χ3n) is 1.22. The third kappa shape index (κ3) is 67.8. The van der Waals surface area contributed by atoms with Crippen LogP contribution in [-0.2, 0) is 9.53 Å². The molecule has 0 aliphatic heterocycles. The Morgan fingerprint density at radius 1 is 1.29 bits per heavy atom. The molecule has 0 fully saturated rings. The summed E-state index contributed by atoms with van der Waals surface area (Å²) in [5.41, 5.74) is 5.16. The summed E-state index contributed by atoms with van der Waals surface area (Å²) in [5, 5.41) is 9.49. The Kier molecular flexibility index (Phi) is 36.5. The van der Waals surface area contributed by atoms with Gasteiger partial charge >= 0.3 is 0 Å². The van der Waals surface area contributed by atoms with Crippen LogP contribution in [0.3, 0.4) is 0 Å². The molecule has 0 aromatic rings. The van der Waals surface area contributed by atoms with E-state index in [1.165, 1.54) is 0 Å². The van der Waals surface area contributed by atoms with E-state index in [0.717, 1.165) is 13.5 Å². The highest BCUT2D eigenvalue weighted by atomic mass is 16.5. The van der Waals surface area contributed by atoms with Crippen LogP contribution in [0, 0.1) is 0 Å². The summed E-state index contributed by atoms with van der Waals surface area (Å²) in [6, 6.07) is 0. The number of amides is 1. The van der Waals surface area contributed by atoms with E-state index in [1.807, 2.05) is 34.6 Å². The van der Waals surface area contributed by atoms with Crippen LogP contribution in [0.2, 0.25) is 0 Å². The molecule has 4 N–H and O–H groups in total. The fourth-order valence-electron chi connectivity index (χ4n) is 0.263. The third-order valence-corrected chi connectivity index (χ3v) is 1.22. The molecule has 0 saturated carbocycles. The van der Waals surface area contributed by atoms with Crippen molar-refractivity contribution in [3.8, 4) is 0 Å². The standard InChI is InChI=1S/C5H12O.C4H10N2O.C2H6.CH4O/c1-5(2,3)6-4;5-2-1-3-6-4-7;2*1-2/h1-4H3;4H,1-3,5H2,(H,6,7);1-2H3;2H,1H3. The van der Waals surface area contributed by atoms with E-state index in [2.05, 4.69) is 5.32 Å². The van der Waals surface area contributed by atoms with Gasteiger partial charge in [0, 0.05) is 20.8 Å². The van der Waals surface area contributed by atoms with E-state index in [4.69, 9.17) is 15.6 Å². The molecule has 0 aliphatic carbocycles. The molecular formula is C12H32N2O3. The molecule has 0 saturated heterocycles. The molecule has 1 amide bonds. The van der Waals surface area contributed by atoms with Crippen LogP contribution in [0.15, 0.2) is 0 Å². The average molecular weight is 252 g/mol. The lowest BCUT2D eigenvalue weighted by molar-refractivity contribution is -0.109. The highest BCUT2D eigenvalue weighted by Gasteiger charge is 2.03. The molecule has 0 aromatic heterocycles. The van der Waals surface area contributed by atoms with E-state index in [0.29, 0.717) is 19.5 Å². The molecule has 0 aromatic carbocycles. The van der Waals surface area contributed by atoms with Crippen LogP contribution in [0.25, 0.3) is 0 Å². The Bertz CT molecular complexity index is 115. The number of aliphatic hydroxyl groups excluding tert-OH is 1. The number of ether oxygens (including phenoxy) is 1. The van der Waals surface area contributed by atoms with Gasteiger partial charge in [-0.05, 0) is 33.7 Å². The van der Waals surface area contributed by atoms with E-state index in [-0.39, 0.29) is 5.60 Å². The van der Waals surface area contributed by atoms with Crippen molar-refractivity contribution in [2.45, 2.75) is 46.6 Å². The van der Waals surface area contributed by atoms with Gasteiger partial charge in [-0.25, -0.2) is 0 Å². The van der Waals surface area contributed by atoms with Crippen molar-refractivity contribution >= 4 is 6.41 Å². The minimum absolute atomic E-state index is 0.0417. The van der Waals surface area contributed by atoms with Gasteiger partial charge in [0.1, 0.15) is 0 Å². The van der Waals surface area contributed by atoms with Crippen LogP contribution < -0.4 is 11.1 Å². The van der Waals surface area contributed by atoms with Crippen LogP contribution in [0.4, 0.5) is 0 Å². The topological polar surface area (TPSA) is 84.6 Å². The first-order valence-electron chi connectivity index (χ1n) is 5.85. The number of hydrogen-bond donors (Lipinski definition) is 3. The lowest BCUT2D eigenvalue weighted by Crippen LogP contribution is -2.15. The zero-order valence-electron chi connectivity index (χ0n) is 12.5. The number of methoxy groups -OCH3 is 1. The number of nitrogens with two attached hydrogens (primary N) is 1. The summed E-state index contributed by atoms with van der Waals surface area (Å²) in [5.74, 6) is 0. The van der Waals surface area contributed by atoms with Gasteiger partial charge in [0.05, 0.1) is 5.60 Å². The molecule has 0 radical (unpaired) electrons. The first kappa shape index (κ1) is 25.3. The predicted molar refractivity (Wildman–Crippen MR) is 74.0 cm³/mol. The summed E-state index contributed by atoms with van der Waals surface area (Å²) in [7, 11) is 2.71. The molecule has 0 bridgehead atoms. The molecule has 5 nitrogen and oxygen atoms in total. The maximum absolute atomic E-state index is 9.53. The number of nitrogens with one attached hydrogen (secondary N) is 1. The van der Waals surface area contributed by atoms with Crippen LogP contribution in [0.1, 0.15) is 41.0 Å². The highest BCUT2D eigenvalue weighted by Crippen LogP contribution is 2.02. The molecule has 0 rings (SSSR count). The molecule has 0 atom stereocenters. The van der Waals surface area contributed by atoms with E-state index in [9.17, 15) is 4.79 Å². The number of aliphatic hydroxyl groups is 1. The van der Waals surface area contributed by atoms with Crippen molar-refractivity contribution in [3.05, 3.63) is 0 Å². The second-order valence-corrected chi connectivity index (χ2v) is 3.53. The summed E-state index contributed by atoms with van der Waals surface area (Å²) < 4.78 is 4.94. The van der Waals surface area contributed by atoms with Crippen molar-refractivity contribution in [2.24, 2.45) is 5.73 Å². The molecule has 108 valence electrons. The largest absolute Gasteiger partial charge is 0.400 e.